The lowest BCUT2D eigenvalue weighted by molar-refractivity contribution is 0.377. The van der Waals surface area contributed by atoms with Crippen LogP contribution in [0.15, 0.2) is 12.4 Å². The topological polar surface area (TPSA) is 54.7 Å². The Bertz CT molecular complexity index is 264. The third-order valence-electron chi connectivity index (χ3n) is 2.93. The van der Waals surface area contributed by atoms with E-state index in [0.29, 0.717) is 0 Å². The average molecular weight is 165 g/mol. The molecule has 3 N–H and O–H groups in total. The smallest absolute Gasteiger partial charge is 0.114 e. The van der Waals surface area contributed by atoms with E-state index >= 15 is 0 Å². The lowest BCUT2D eigenvalue weighted by atomic mass is 9.84. The van der Waals surface area contributed by atoms with Gasteiger partial charge in [0.1, 0.15) is 5.82 Å². The molecule has 3 nitrogen and oxygen atoms in total. The van der Waals surface area contributed by atoms with E-state index in [2.05, 4.69) is 23.8 Å². The van der Waals surface area contributed by atoms with Gasteiger partial charge in [-0.15, -0.1) is 0 Å². The highest BCUT2D eigenvalue weighted by Gasteiger charge is 2.55. The summed E-state index contributed by atoms with van der Waals surface area (Å²) in [5.74, 6) is 1.05. The highest BCUT2D eigenvalue weighted by atomic mass is 15.0. The molecule has 1 aromatic heterocycles. The van der Waals surface area contributed by atoms with Gasteiger partial charge in [0.15, 0.2) is 0 Å². The summed E-state index contributed by atoms with van der Waals surface area (Å²) >= 11 is 0. The minimum atomic E-state index is -0.162. The van der Waals surface area contributed by atoms with E-state index in [1.165, 1.54) is 0 Å². The maximum Gasteiger partial charge on any atom is 0.114 e. The first-order valence-electron chi connectivity index (χ1n) is 4.35. The molecule has 0 aromatic carbocycles. The molecule has 0 saturated heterocycles. The molecule has 66 valence electrons. The highest BCUT2D eigenvalue weighted by Crippen LogP contribution is 2.53. The summed E-state index contributed by atoms with van der Waals surface area (Å²) in [5, 5.41) is 0. The molecule has 12 heavy (non-hydrogen) atoms. The second kappa shape index (κ2) is 2.10. The van der Waals surface area contributed by atoms with Crippen LogP contribution in [0.5, 0.6) is 0 Å². The Morgan fingerprint density at radius 1 is 1.58 bits per heavy atom. The number of aromatic nitrogens is 2. The highest BCUT2D eigenvalue weighted by molar-refractivity contribution is 5.25. The van der Waals surface area contributed by atoms with E-state index in [1.54, 1.807) is 6.20 Å². The number of nitrogens with zero attached hydrogens (tertiary/aromatic N) is 1. The molecule has 1 aliphatic rings. The maximum absolute atomic E-state index is 6.11. The SMILES string of the molecule is CC(C)(N)C1(c2ncc[nH]2)CC1. The lowest BCUT2D eigenvalue weighted by Crippen LogP contribution is -2.45. The summed E-state index contributed by atoms with van der Waals surface area (Å²) in [6, 6.07) is 0. The molecule has 0 aliphatic heterocycles. The zero-order valence-corrected chi connectivity index (χ0v) is 7.59. The summed E-state index contributed by atoms with van der Waals surface area (Å²) < 4.78 is 0. The van der Waals surface area contributed by atoms with Crippen LogP contribution in [0.3, 0.4) is 0 Å². The molecule has 0 radical (unpaired) electrons. The van der Waals surface area contributed by atoms with Gasteiger partial charge in [0.05, 0.1) is 0 Å². The van der Waals surface area contributed by atoms with E-state index in [-0.39, 0.29) is 11.0 Å². The molecule has 1 heterocycles. The molecule has 1 fully saturated rings. The molecule has 0 spiro atoms. The number of imidazole rings is 1. The molecule has 3 heteroatoms. The first-order chi connectivity index (χ1) is 5.56. The lowest BCUT2D eigenvalue weighted by Gasteiger charge is -2.28. The fourth-order valence-corrected chi connectivity index (χ4v) is 1.84. The van der Waals surface area contributed by atoms with Crippen molar-refractivity contribution in [3.63, 3.8) is 0 Å². The molecule has 1 aromatic rings. The number of rotatable bonds is 2. The van der Waals surface area contributed by atoms with Gasteiger partial charge in [-0.3, -0.25) is 0 Å². The Kier molecular flexibility index (Phi) is 1.37. The second-order valence-electron chi connectivity index (χ2n) is 4.24. The van der Waals surface area contributed by atoms with Crippen molar-refractivity contribution in [2.24, 2.45) is 5.73 Å². The van der Waals surface area contributed by atoms with Crippen LogP contribution >= 0.6 is 0 Å². The van der Waals surface area contributed by atoms with Crippen molar-refractivity contribution in [2.45, 2.75) is 37.6 Å². The third kappa shape index (κ3) is 0.894. The van der Waals surface area contributed by atoms with Gasteiger partial charge in [-0.2, -0.15) is 0 Å². The fraction of sp³-hybridized carbons (Fsp3) is 0.667. The minimum Gasteiger partial charge on any atom is -0.348 e. The van der Waals surface area contributed by atoms with E-state index < -0.39 is 0 Å². The van der Waals surface area contributed by atoms with Gasteiger partial charge >= 0.3 is 0 Å². The van der Waals surface area contributed by atoms with Gasteiger partial charge in [-0.1, -0.05) is 0 Å². The van der Waals surface area contributed by atoms with Crippen molar-refractivity contribution in [3.05, 3.63) is 18.2 Å². The van der Waals surface area contributed by atoms with Gasteiger partial charge in [0.2, 0.25) is 0 Å². The normalized spacial score (nSPS) is 20.9. The molecule has 2 rings (SSSR count). The average Bonchev–Trinajstić information content (AvgIpc) is 2.61. The Morgan fingerprint density at radius 3 is 2.58 bits per heavy atom. The van der Waals surface area contributed by atoms with Crippen molar-refractivity contribution in [1.82, 2.24) is 9.97 Å². The monoisotopic (exact) mass is 165 g/mol. The first kappa shape index (κ1) is 7.80. The quantitative estimate of drug-likeness (QED) is 0.691. The summed E-state index contributed by atoms with van der Waals surface area (Å²) in [6.45, 7) is 4.14. The van der Waals surface area contributed by atoms with Gasteiger partial charge in [-0.05, 0) is 26.7 Å². The summed E-state index contributed by atoms with van der Waals surface area (Å²) in [5.41, 5.74) is 6.07. The Labute approximate surface area is 72.4 Å². The van der Waals surface area contributed by atoms with Crippen molar-refractivity contribution in [3.8, 4) is 0 Å². The van der Waals surface area contributed by atoms with Crippen LogP contribution in [-0.2, 0) is 5.41 Å². The fourth-order valence-electron chi connectivity index (χ4n) is 1.84. The second-order valence-corrected chi connectivity index (χ2v) is 4.24. The van der Waals surface area contributed by atoms with E-state index in [0.717, 1.165) is 18.7 Å². The van der Waals surface area contributed by atoms with E-state index in [1.807, 2.05) is 6.20 Å². The predicted octanol–water partition coefficient (Wildman–Crippen LogP) is 1.18. The molecular formula is C9H15N3. The van der Waals surface area contributed by atoms with Crippen LogP contribution in [0, 0.1) is 0 Å². The molecule has 0 atom stereocenters. The molecule has 0 bridgehead atoms. The maximum atomic E-state index is 6.11. The van der Waals surface area contributed by atoms with E-state index in [9.17, 15) is 0 Å². The van der Waals surface area contributed by atoms with Crippen molar-refractivity contribution < 1.29 is 0 Å². The van der Waals surface area contributed by atoms with Crippen LogP contribution in [0.25, 0.3) is 0 Å². The van der Waals surface area contributed by atoms with Crippen LogP contribution in [0.2, 0.25) is 0 Å². The third-order valence-corrected chi connectivity index (χ3v) is 2.93. The van der Waals surface area contributed by atoms with Crippen LogP contribution in [0.1, 0.15) is 32.5 Å². The molecule has 0 unspecified atom stereocenters. The summed E-state index contributed by atoms with van der Waals surface area (Å²) in [6.07, 6.45) is 5.97. The Morgan fingerprint density at radius 2 is 2.25 bits per heavy atom. The zero-order valence-electron chi connectivity index (χ0n) is 7.59. The van der Waals surface area contributed by atoms with Crippen molar-refractivity contribution >= 4 is 0 Å². The van der Waals surface area contributed by atoms with Crippen LogP contribution in [0.4, 0.5) is 0 Å². The number of hydrogen-bond acceptors (Lipinski definition) is 2. The largest absolute Gasteiger partial charge is 0.348 e. The van der Waals surface area contributed by atoms with Crippen molar-refractivity contribution in [1.29, 1.82) is 0 Å². The van der Waals surface area contributed by atoms with Gasteiger partial charge in [0, 0.05) is 23.3 Å². The Hall–Kier alpha value is -0.830. The van der Waals surface area contributed by atoms with E-state index in [4.69, 9.17) is 5.73 Å². The summed E-state index contributed by atoms with van der Waals surface area (Å²) in [4.78, 5) is 7.44. The number of nitrogens with one attached hydrogen (secondary N) is 1. The van der Waals surface area contributed by atoms with Crippen LogP contribution in [-0.4, -0.2) is 15.5 Å². The Balaban J connectivity index is 2.35. The molecule has 1 saturated carbocycles. The van der Waals surface area contributed by atoms with Crippen molar-refractivity contribution in [2.75, 3.05) is 0 Å². The number of H-pyrrole nitrogens is 1. The molecular weight excluding hydrogens is 150 g/mol. The summed E-state index contributed by atoms with van der Waals surface area (Å²) in [7, 11) is 0. The zero-order chi connectivity index (χ0) is 8.82. The number of nitrogens with two attached hydrogens (primary N) is 1. The minimum absolute atomic E-state index is 0.122. The van der Waals surface area contributed by atoms with Gasteiger partial charge in [0.25, 0.3) is 0 Å². The first-order valence-corrected chi connectivity index (χ1v) is 4.35. The van der Waals surface area contributed by atoms with Crippen LogP contribution < -0.4 is 5.73 Å². The number of aromatic amines is 1. The number of hydrogen-bond donors (Lipinski definition) is 2. The molecule has 0 amide bonds. The van der Waals surface area contributed by atoms with Gasteiger partial charge in [-0.25, -0.2) is 4.98 Å². The van der Waals surface area contributed by atoms with Gasteiger partial charge < -0.3 is 10.7 Å². The standard InChI is InChI=1S/C9H15N3/c1-8(2,10)9(3-4-9)7-11-5-6-12-7/h5-6H,3-4,10H2,1-2H3,(H,11,12). The predicted molar refractivity (Wildman–Crippen MR) is 47.8 cm³/mol. The molecule has 1 aliphatic carbocycles.